The highest BCUT2D eigenvalue weighted by atomic mass is 16.2. The predicted molar refractivity (Wildman–Crippen MR) is 62.6 cm³/mol. The molecule has 1 heterocycles. The van der Waals surface area contributed by atoms with Gasteiger partial charge in [0, 0.05) is 23.0 Å². The fourth-order valence-electron chi connectivity index (χ4n) is 1.70. The van der Waals surface area contributed by atoms with Crippen LogP contribution in [-0.4, -0.2) is 22.8 Å². The minimum absolute atomic E-state index is 0.0331. The molecule has 0 radical (unpaired) electrons. The maximum Gasteiger partial charge on any atom is 0.240 e. The van der Waals surface area contributed by atoms with Crippen LogP contribution in [-0.2, 0) is 11.3 Å². The second-order valence-electron chi connectivity index (χ2n) is 4.25. The van der Waals surface area contributed by atoms with Crippen LogP contribution in [0, 0.1) is 13.8 Å². The van der Waals surface area contributed by atoms with Crippen LogP contribution >= 0.6 is 0 Å². The van der Waals surface area contributed by atoms with E-state index in [2.05, 4.69) is 5.32 Å². The van der Waals surface area contributed by atoms with E-state index in [1.165, 1.54) is 0 Å². The van der Waals surface area contributed by atoms with Crippen molar-refractivity contribution in [3.63, 3.8) is 0 Å². The number of rotatable bonds is 4. The van der Waals surface area contributed by atoms with E-state index in [4.69, 9.17) is 0 Å². The number of hydrogen-bond acceptors (Lipinski definition) is 2. The Labute approximate surface area is 95.6 Å². The first-order valence-electron chi connectivity index (χ1n) is 5.37. The second kappa shape index (κ2) is 4.96. The van der Waals surface area contributed by atoms with Crippen LogP contribution in [0.2, 0.25) is 0 Å². The molecule has 16 heavy (non-hydrogen) atoms. The zero-order chi connectivity index (χ0) is 12.3. The van der Waals surface area contributed by atoms with Crippen molar-refractivity contribution in [2.24, 2.45) is 0 Å². The van der Waals surface area contributed by atoms with Gasteiger partial charge in [-0.2, -0.15) is 0 Å². The monoisotopic (exact) mass is 222 g/mol. The summed E-state index contributed by atoms with van der Waals surface area (Å²) in [5.74, 6) is -0.0331. The van der Waals surface area contributed by atoms with Crippen molar-refractivity contribution < 1.29 is 9.59 Å². The summed E-state index contributed by atoms with van der Waals surface area (Å²) in [5.41, 5.74) is 2.42. The standard InChI is InChI=1S/C12H18N2O2/c1-8(2)13-12(16)6-14-9(3)5-11(7-15)10(14)4/h5,7-8H,6H2,1-4H3,(H,13,16). The summed E-state index contributed by atoms with van der Waals surface area (Å²) in [6.07, 6.45) is 0.819. The minimum Gasteiger partial charge on any atom is -0.352 e. The van der Waals surface area contributed by atoms with Gasteiger partial charge in [0.1, 0.15) is 6.54 Å². The van der Waals surface area contributed by atoms with E-state index in [0.29, 0.717) is 5.56 Å². The van der Waals surface area contributed by atoms with Crippen LogP contribution < -0.4 is 5.32 Å². The molecule has 0 spiro atoms. The number of aryl methyl sites for hydroxylation is 1. The summed E-state index contributed by atoms with van der Waals surface area (Å²) < 4.78 is 1.85. The van der Waals surface area contributed by atoms with Gasteiger partial charge in [-0.3, -0.25) is 9.59 Å². The third-order valence-corrected chi connectivity index (χ3v) is 2.49. The number of carbonyl (C=O) groups excluding carboxylic acids is 2. The zero-order valence-corrected chi connectivity index (χ0v) is 10.2. The molecular formula is C12H18N2O2. The quantitative estimate of drug-likeness (QED) is 0.784. The zero-order valence-electron chi connectivity index (χ0n) is 10.2. The number of aldehydes is 1. The van der Waals surface area contributed by atoms with Crippen LogP contribution in [0.1, 0.15) is 35.6 Å². The molecule has 1 amide bonds. The third-order valence-electron chi connectivity index (χ3n) is 2.49. The average molecular weight is 222 g/mol. The molecule has 0 saturated heterocycles. The predicted octanol–water partition coefficient (Wildman–Crippen LogP) is 1.44. The molecule has 0 saturated carbocycles. The highest BCUT2D eigenvalue weighted by Gasteiger charge is 2.11. The summed E-state index contributed by atoms with van der Waals surface area (Å²) in [6.45, 7) is 7.85. The second-order valence-corrected chi connectivity index (χ2v) is 4.25. The van der Waals surface area contributed by atoms with Gasteiger partial charge in [-0.05, 0) is 33.8 Å². The molecular weight excluding hydrogens is 204 g/mol. The molecule has 1 aromatic rings. The van der Waals surface area contributed by atoms with Crippen molar-refractivity contribution in [2.45, 2.75) is 40.3 Å². The van der Waals surface area contributed by atoms with Gasteiger partial charge in [-0.25, -0.2) is 0 Å². The Hall–Kier alpha value is -1.58. The van der Waals surface area contributed by atoms with Gasteiger partial charge in [0.25, 0.3) is 0 Å². The fourth-order valence-corrected chi connectivity index (χ4v) is 1.70. The Morgan fingerprint density at radius 1 is 1.50 bits per heavy atom. The van der Waals surface area contributed by atoms with E-state index in [1.54, 1.807) is 6.07 Å². The summed E-state index contributed by atoms with van der Waals surface area (Å²) >= 11 is 0. The van der Waals surface area contributed by atoms with Crippen LogP contribution in [0.3, 0.4) is 0 Å². The summed E-state index contributed by atoms with van der Waals surface area (Å²) in [7, 11) is 0. The van der Waals surface area contributed by atoms with Gasteiger partial charge in [-0.1, -0.05) is 0 Å². The first-order chi connectivity index (χ1) is 7.45. The summed E-state index contributed by atoms with van der Waals surface area (Å²) in [4.78, 5) is 22.3. The lowest BCUT2D eigenvalue weighted by Crippen LogP contribution is -2.33. The van der Waals surface area contributed by atoms with Crippen molar-refractivity contribution in [3.8, 4) is 0 Å². The lowest BCUT2D eigenvalue weighted by atomic mass is 10.3. The molecule has 0 aliphatic carbocycles. The normalized spacial score (nSPS) is 10.6. The number of carbonyl (C=O) groups is 2. The van der Waals surface area contributed by atoms with E-state index >= 15 is 0 Å². The van der Waals surface area contributed by atoms with Gasteiger partial charge in [0.05, 0.1) is 0 Å². The van der Waals surface area contributed by atoms with Crippen molar-refractivity contribution in [3.05, 3.63) is 23.0 Å². The van der Waals surface area contributed by atoms with E-state index in [0.717, 1.165) is 17.7 Å². The van der Waals surface area contributed by atoms with Crippen molar-refractivity contribution in [1.82, 2.24) is 9.88 Å². The summed E-state index contributed by atoms with van der Waals surface area (Å²) in [5, 5.41) is 2.82. The van der Waals surface area contributed by atoms with Gasteiger partial charge >= 0.3 is 0 Å². The molecule has 0 unspecified atom stereocenters. The lowest BCUT2D eigenvalue weighted by Gasteiger charge is -2.12. The topological polar surface area (TPSA) is 51.1 Å². The van der Waals surface area contributed by atoms with Crippen molar-refractivity contribution in [2.75, 3.05) is 0 Å². The molecule has 0 fully saturated rings. The van der Waals surface area contributed by atoms with Crippen molar-refractivity contribution in [1.29, 1.82) is 0 Å². The van der Waals surface area contributed by atoms with Gasteiger partial charge in [0.2, 0.25) is 5.91 Å². The van der Waals surface area contributed by atoms with Crippen molar-refractivity contribution >= 4 is 12.2 Å². The molecule has 1 aromatic heterocycles. The Morgan fingerprint density at radius 3 is 2.56 bits per heavy atom. The Bertz CT molecular complexity index is 405. The number of amides is 1. The Kier molecular flexibility index (Phi) is 3.88. The van der Waals surface area contributed by atoms with Gasteiger partial charge in [0.15, 0.2) is 6.29 Å². The first-order valence-corrected chi connectivity index (χ1v) is 5.37. The molecule has 4 nitrogen and oxygen atoms in total. The third kappa shape index (κ3) is 2.72. The molecule has 0 bridgehead atoms. The van der Waals surface area contributed by atoms with Crippen LogP contribution in [0.15, 0.2) is 6.07 Å². The van der Waals surface area contributed by atoms with Crippen LogP contribution in [0.25, 0.3) is 0 Å². The maximum absolute atomic E-state index is 11.6. The smallest absolute Gasteiger partial charge is 0.240 e. The minimum atomic E-state index is -0.0331. The molecule has 4 heteroatoms. The molecule has 0 aliphatic heterocycles. The molecule has 0 aromatic carbocycles. The Morgan fingerprint density at radius 2 is 2.12 bits per heavy atom. The molecule has 1 N–H and O–H groups in total. The SMILES string of the molecule is Cc1cc(C=O)c(C)n1CC(=O)NC(C)C. The number of nitrogens with zero attached hydrogens (tertiary/aromatic N) is 1. The van der Waals surface area contributed by atoms with Gasteiger partial charge < -0.3 is 9.88 Å². The molecule has 88 valence electrons. The first kappa shape index (κ1) is 12.5. The fraction of sp³-hybridized carbons (Fsp3) is 0.500. The van der Waals surface area contributed by atoms with Crippen LogP contribution in [0.5, 0.6) is 0 Å². The molecule has 1 rings (SSSR count). The average Bonchev–Trinajstić information content (AvgIpc) is 2.44. The molecule has 0 aliphatic rings. The van der Waals surface area contributed by atoms with Crippen LogP contribution in [0.4, 0.5) is 0 Å². The number of aromatic nitrogens is 1. The van der Waals surface area contributed by atoms with E-state index in [1.807, 2.05) is 32.3 Å². The highest BCUT2D eigenvalue weighted by Crippen LogP contribution is 2.12. The number of nitrogens with one attached hydrogen (secondary N) is 1. The maximum atomic E-state index is 11.6. The summed E-state index contributed by atoms with van der Waals surface area (Å²) in [6, 6.07) is 1.93. The van der Waals surface area contributed by atoms with E-state index in [-0.39, 0.29) is 18.5 Å². The van der Waals surface area contributed by atoms with E-state index in [9.17, 15) is 9.59 Å². The Balaban J connectivity index is 2.85. The highest BCUT2D eigenvalue weighted by molar-refractivity contribution is 5.79. The lowest BCUT2D eigenvalue weighted by molar-refractivity contribution is -0.122. The van der Waals surface area contributed by atoms with Gasteiger partial charge in [-0.15, -0.1) is 0 Å². The molecule has 0 atom stereocenters. The number of hydrogen-bond donors (Lipinski definition) is 1. The van der Waals surface area contributed by atoms with E-state index < -0.39 is 0 Å². The largest absolute Gasteiger partial charge is 0.352 e.